The maximum Gasteiger partial charge on any atom is 0.272 e. The minimum atomic E-state index is -3.66. The van der Waals surface area contributed by atoms with Crippen molar-refractivity contribution in [2.75, 3.05) is 18.4 Å². The number of carbonyl (C=O) groups excluding carboxylic acids is 1. The Bertz CT molecular complexity index is 1010. The smallest absolute Gasteiger partial charge is 0.272 e. The number of nitrogens with zero attached hydrogens (tertiary/aromatic N) is 2. The molecule has 7 nitrogen and oxygen atoms in total. The summed E-state index contributed by atoms with van der Waals surface area (Å²) in [5.41, 5.74) is 2.15. The van der Waals surface area contributed by atoms with Gasteiger partial charge in [0.1, 0.15) is 10.6 Å². The van der Waals surface area contributed by atoms with Crippen molar-refractivity contribution in [1.82, 2.24) is 9.29 Å². The lowest BCUT2D eigenvalue weighted by Crippen LogP contribution is -2.32. The molecule has 2 N–H and O–H groups in total. The summed E-state index contributed by atoms with van der Waals surface area (Å²) in [6, 6.07) is 8.51. The molecule has 0 spiro atoms. The van der Waals surface area contributed by atoms with Gasteiger partial charge in [0.15, 0.2) is 0 Å². The average molecular weight is 401 g/mol. The van der Waals surface area contributed by atoms with Crippen molar-refractivity contribution in [3.63, 3.8) is 0 Å². The molecule has 2 aromatic rings. The molecule has 28 heavy (non-hydrogen) atoms. The molecule has 0 radical (unpaired) electrons. The first-order valence-corrected chi connectivity index (χ1v) is 10.8. The van der Waals surface area contributed by atoms with Crippen LogP contribution in [0.25, 0.3) is 0 Å². The van der Waals surface area contributed by atoms with Gasteiger partial charge in [-0.2, -0.15) is 9.57 Å². The molecule has 0 unspecified atom stereocenters. The molecular formula is C20H24N4O3S. The Morgan fingerprint density at radius 1 is 1.11 bits per heavy atom. The first-order chi connectivity index (χ1) is 13.3. The largest absolute Gasteiger partial charge is 0.353 e. The van der Waals surface area contributed by atoms with Gasteiger partial charge >= 0.3 is 0 Å². The number of H-pyrrole nitrogens is 1. The van der Waals surface area contributed by atoms with Gasteiger partial charge in [0.05, 0.1) is 11.6 Å². The number of hydrogen-bond acceptors (Lipinski definition) is 4. The molecule has 1 amide bonds. The van der Waals surface area contributed by atoms with Crippen LogP contribution in [0.2, 0.25) is 0 Å². The minimum absolute atomic E-state index is 0.194. The summed E-state index contributed by atoms with van der Waals surface area (Å²) in [4.78, 5) is 15.8. The molecular weight excluding hydrogens is 376 g/mol. The van der Waals surface area contributed by atoms with Crippen molar-refractivity contribution < 1.29 is 13.2 Å². The highest BCUT2D eigenvalue weighted by Gasteiger charge is 2.32. The lowest BCUT2D eigenvalue weighted by Gasteiger charge is -2.20. The molecule has 1 fully saturated rings. The predicted octanol–water partition coefficient (Wildman–Crippen LogP) is 3.32. The van der Waals surface area contributed by atoms with E-state index in [1.807, 2.05) is 6.07 Å². The average Bonchev–Trinajstić information content (AvgIpc) is 2.85. The van der Waals surface area contributed by atoms with Gasteiger partial charge in [0.2, 0.25) is 10.0 Å². The van der Waals surface area contributed by atoms with E-state index < -0.39 is 15.9 Å². The van der Waals surface area contributed by atoms with Crippen LogP contribution in [0.4, 0.5) is 5.69 Å². The first kappa shape index (κ1) is 20.1. The number of anilines is 1. The zero-order valence-corrected chi connectivity index (χ0v) is 16.9. The zero-order chi connectivity index (χ0) is 20.3. The van der Waals surface area contributed by atoms with Crippen molar-refractivity contribution in [1.29, 1.82) is 5.26 Å². The number of benzene rings is 1. The van der Waals surface area contributed by atoms with Crippen molar-refractivity contribution in [2.24, 2.45) is 0 Å². The second kappa shape index (κ2) is 8.17. The second-order valence-corrected chi connectivity index (χ2v) is 8.92. The summed E-state index contributed by atoms with van der Waals surface area (Å²) >= 11 is 0. The van der Waals surface area contributed by atoms with E-state index in [9.17, 15) is 13.2 Å². The number of carbonyl (C=O) groups is 1. The number of aromatic nitrogens is 1. The number of aryl methyl sites for hydroxylation is 1. The number of amides is 1. The molecule has 0 bridgehead atoms. The van der Waals surface area contributed by atoms with Crippen LogP contribution in [0.1, 0.15) is 53.0 Å². The van der Waals surface area contributed by atoms with Gasteiger partial charge in [-0.05, 0) is 56.5 Å². The van der Waals surface area contributed by atoms with Gasteiger partial charge in [-0.15, -0.1) is 0 Å². The van der Waals surface area contributed by atoms with E-state index in [0.29, 0.717) is 35.6 Å². The van der Waals surface area contributed by atoms with Gasteiger partial charge in [-0.3, -0.25) is 4.79 Å². The third kappa shape index (κ3) is 3.96. The summed E-state index contributed by atoms with van der Waals surface area (Å²) in [5.74, 6) is -0.414. The lowest BCUT2D eigenvalue weighted by atomic mass is 10.2. The molecule has 0 atom stereocenters. The fourth-order valence-corrected chi connectivity index (χ4v) is 5.50. The Kier molecular flexibility index (Phi) is 5.87. The summed E-state index contributed by atoms with van der Waals surface area (Å²) < 4.78 is 27.9. The van der Waals surface area contributed by atoms with Crippen LogP contribution in [-0.2, 0) is 10.0 Å². The lowest BCUT2D eigenvalue weighted by molar-refractivity contribution is 0.102. The number of sulfonamides is 1. The van der Waals surface area contributed by atoms with E-state index in [1.165, 1.54) is 4.31 Å². The van der Waals surface area contributed by atoms with Gasteiger partial charge < -0.3 is 10.3 Å². The number of nitrogens with one attached hydrogen (secondary N) is 2. The molecule has 8 heteroatoms. The van der Waals surface area contributed by atoms with Crippen molar-refractivity contribution in [3.8, 4) is 6.07 Å². The molecule has 1 saturated heterocycles. The third-order valence-electron chi connectivity index (χ3n) is 5.03. The van der Waals surface area contributed by atoms with Crippen molar-refractivity contribution in [2.45, 2.75) is 44.4 Å². The summed E-state index contributed by atoms with van der Waals surface area (Å²) in [7, 11) is -3.66. The fourth-order valence-electron chi connectivity index (χ4n) is 3.58. The molecule has 1 aliphatic rings. The molecule has 1 aromatic heterocycles. The third-order valence-corrected chi connectivity index (χ3v) is 7.20. The first-order valence-electron chi connectivity index (χ1n) is 9.35. The minimum Gasteiger partial charge on any atom is -0.353 e. The standard InChI is InChI=1S/C20H24N4O3S/c1-14-18(20(25)23-17-9-7-16(13-21)8-10-17)22-15(2)19(14)28(26,27)24-11-5-3-4-6-12-24/h7-10,22H,3-6,11-12H2,1-2H3,(H,23,25). The molecule has 1 aliphatic heterocycles. The Morgan fingerprint density at radius 3 is 2.29 bits per heavy atom. The Hall–Kier alpha value is -2.63. The summed E-state index contributed by atoms with van der Waals surface area (Å²) in [6.45, 7) is 4.36. The molecule has 0 saturated carbocycles. The molecule has 2 heterocycles. The van der Waals surface area contributed by atoms with Gasteiger partial charge in [0.25, 0.3) is 5.91 Å². The van der Waals surface area contributed by atoms with Gasteiger partial charge in [-0.25, -0.2) is 8.42 Å². The maximum atomic E-state index is 13.2. The normalized spacial score (nSPS) is 15.6. The van der Waals surface area contributed by atoms with Gasteiger partial charge in [-0.1, -0.05) is 12.8 Å². The topological polar surface area (TPSA) is 106 Å². The van der Waals surface area contributed by atoms with E-state index in [1.54, 1.807) is 38.1 Å². The highest BCUT2D eigenvalue weighted by atomic mass is 32.2. The number of rotatable bonds is 4. The second-order valence-electron chi connectivity index (χ2n) is 7.04. The van der Waals surface area contributed by atoms with Crippen LogP contribution < -0.4 is 5.32 Å². The van der Waals surface area contributed by atoms with E-state index >= 15 is 0 Å². The zero-order valence-electron chi connectivity index (χ0n) is 16.1. The van der Waals surface area contributed by atoms with Crippen LogP contribution >= 0.6 is 0 Å². The van der Waals surface area contributed by atoms with E-state index in [-0.39, 0.29) is 10.6 Å². The van der Waals surface area contributed by atoms with Crippen molar-refractivity contribution in [3.05, 3.63) is 46.8 Å². The fraction of sp³-hybridized carbons (Fsp3) is 0.400. The quantitative estimate of drug-likeness (QED) is 0.821. The molecule has 3 rings (SSSR count). The predicted molar refractivity (Wildman–Crippen MR) is 107 cm³/mol. The maximum absolute atomic E-state index is 13.2. The Morgan fingerprint density at radius 2 is 1.71 bits per heavy atom. The molecule has 1 aromatic carbocycles. The SMILES string of the molecule is Cc1[nH]c(C(=O)Nc2ccc(C#N)cc2)c(C)c1S(=O)(=O)N1CCCCCC1. The highest BCUT2D eigenvalue weighted by molar-refractivity contribution is 7.89. The summed E-state index contributed by atoms with van der Waals surface area (Å²) in [5, 5.41) is 11.6. The van der Waals surface area contributed by atoms with Crippen LogP contribution in [0.3, 0.4) is 0 Å². The van der Waals surface area contributed by atoms with Crippen LogP contribution in [-0.4, -0.2) is 36.7 Å². The number of nitriles is 1. The molecule has 0 aliphatic carbocycles. The summed E-state index contributed by atoms with van der Waals surface area (Å²) in [6.07, 6.45) is 3.78. The van der Waals surface area contributed by atoms with Crippen LogP contribution in [0, 0.1) is 25.2 Å². The number of aromatic amines is 1. The van der Waals surface area contributed by atoms with Crippen LogP contribution in [0.5, 0.6) is 0 Å². The van der Waals surface area contributed by atoms with E-state index in [2.05, 4.69) is 10.3 Å². The van der Waals surface area contributed by atoms with E-state index in [4.69, 9.17) is 5.26 Å². The van der Waals surface area contributed by atoms with Gasteiger partial charge in [0, 0.05) is 24.5 Å². The van der Waals surface area contributed by atoms with E-state index in [0.717, 1.165) is 25.7 Å². The highest BCUT2D eigenvalue weighted by Crippen LogP contribution is 2.28. The Balaban J connectivity index is 1.88. The number of hydrogen-bond donors (Lipinski definition) is 2. The van der Waals surface area contributed by atoms with Crippen molar-refractivity contribution >= 4 is 21.6 Å². The van der Waals surface area contributed by atoms with Crippen LogP contribution in [0.15, 0.2) is 29.2 Å². The monoisotopic (exact) mass is 400 g/mol. The molecule has 148 valence electrons. The Labute approximate surface area is 165 Å².